The second kappa shape index (κ2) is 5.60. The first-order valence-corrected chi connectivity index (χ1v) is 8.22. The van der Waals surface area contributed by atoms with Crippen molar-refractivity contribution in [3.63, 3.8) is 0 Å². The molecule has 2 aromatic carbocycles. The van der Waals surface area contributed by atoms with Gasteiger partial charge in [0.2, 0.25) is 5.78 Å². The standard InChI is InChI=1S/C19H18N4O/c1-3-13-9-5-7-11-15(13)23-18(24)14-10-6-8-12-16(14)22-17(4-2)20-21-19(22)23/h5-12H,3-4H2,1-2H3. The van der Waals surface area contributed by atoms with Gasteiger partial charge < -0.3 is 0 Å². The van der Waals surface area contributed by atoms with Gasteiger partial charge in [-0.25, -0.2) is 4.57 Å². The normalized spacial score (nSPS) is 11.4. The predicted octanol–water partition coefficient (Wildman–Crippen LogP) is 3.16. The van der Waals surface area contributed by atoms with Crippen molar-refractivity contribution in [3.8, 4) is 5.69 Å². The fraction of sp³-hybridized carbons (Fsp3) is 0.211. The summed E-state index contributed by atoms with van der Waals surface area (Å²) in [5.41, 5.74) is 2.77. The molecule has 0 aliphatic rings. The molecule has 2 aromatic heterocycles. The second-order valence-corrected chi connectivity index (χ2v) is 5.75. The van der Waals surface area contributed by atoms with E-state index in [9.17, 15) is 4.79 Å². The number of aromatic nitrogens is 4. The molecule has 0 spiro atoms. The summed E-state index contributed by atoms with van der Waals surface area (Å²) < 4.78 is 3.68. The molecule has 5 nitrogen and oxygen atoms in total. The highest BCUT2D eigenvalue weighted by Gasteiger charge is 2.17. The third-order valence-electron chi connectivity index (χ3n) is 4.42. The summed E-state index contributed by atoms with van der Waals surface area (Å²) in [6.07, 6.45) is 1.59. The van der Waals surface area contributed by atoms with Gasteiger partial charge in [0.05, 0.1) is 16.6 Å². The number of nitrogens with zero attached hydrogens (tertiary/aromatic N) is 4. The van der Waals surface area contributed by atoms with Crippen LogP contribution in [0.1, 0.15) is 25.2 Å². The summed E-state index contributed by atoms with van der Waals surface area (Å²) in [4.78, 5) is 13.2. The topological polar surface area (TPSA) is 52.2 Å². The van der Waals surface area contributed by atoms with Crippen LogP contribution in [0.3, 0.4) is 0 Å². The number of rotatable bonds is 3. The molecule has 0 bridgehead atoms. The van der Waals surface area contributed by atoms with Crippen molar-refractivity contribution in [1.29, 1.82) is 0 Å². The van der Waals surface area contributed by atoms with Crippen LogP contribution < -0.4 is 5.56 Å². The molecule has 5 heteroatoms. The molecular weight excluding hydrogens is 300 g/mol. The fourth-order valence-corrected chi connectivity index (χ4v) is 3.23. The van der Waals surface area contributed by atoms with E-state index < -0.39 is 0 Å². The lowest BCUT2D eigenvalue weighted by Gasteiger charge is -2.14. The summed E-state index contributed by atoms with van der Waals surface area (Å²) in [5.74, 6) is 1.42. The van der Waals surface area contributed by atoms with Crippen LogP contribution >= 0.6 is 0 Å². The van der Waals surface area contributed by atoms with Crippen molar-refractivity contribution in [2.45, 2.75) is 26.7 Å². The van der Waals surface area contributed by atoms with Crippen LogP contribution in [-0.2, 0) is 12.8 Å². The smallest absolute Gasteiger partial charge is 0.267 e. The molecule has 120 valence electrons. The maximum Gasteiger partial charge on any atom is 0.267 e. The first-order valence-electron chi connectivity index (χ1n) is 8.22. The van der Waals surface area contributed by atoms with E-state index >= 15 is 0 Å². The molecule has 0 unspecified atom stereocenters. The first-order chi connectivity index (χ1) is 11.8. The molecule has 0 N–H and O–H groups in total. The Hall–Kier alpha value is -2.95. The van der Waals surface area contributed by atoms with E-state index in [0.717, 1.165) is 35.4 Å². The number of hydrogen-bond donors (Lipinski definition) is 0. The van der Waals surface area contributed by atoms with Gasteiger partial charge in [-0.2, -0.15) is 0 Å². The van der Waals surface area contributed by atoms with Crippen molar-refractivity contribution in [1.82, 2.24) is 19.2 Å². The van der Waals surface area contributed by atoms with Crippen molar-refractivity contribution >= 4 is 16.7 Å². The summed E-state index contributed by atoms with van der Waals surface area (Å²) >= 11 is 0. The van der Waals surface area contributed by atoms with Gasteiger partial charge in [-0.15, -0.1) is 10.2 Å². The summed E-state index contributed by atoms with van der Waals surface area (Å²) in [6.45, 7) is 4.13. The van der Waals surface area contributed by atoms with Crippen LogP contribution in [-0.4, -0.2) is 19.2 Å². The third kappa shape index (κ3) is 1.98. The Kier molecular flexibility index (Phi) is 3.41. The van der Waals surface area contributed by atoms with E-state index in [-0.39, 0.29) is 5.56 Å². The third-order valence-corrected chi connectivity index (χ3v) is 4.42. The van der Waals surface area contributed by atoms with Crippen LogP contribution in [0.4, 0.5) is 0 Å². The van der Waals surface area contributed by atoms with E-state index in [2.05, 4.69) is 17.1 Å². The van der Waals surface area contributed by atoms with Gasteiger partial charge in [-0.05, 0) is 30.2 Å². The summed E-state index contributed by atoms with van der Waals surface area (Å²) in [7, 11) is 0. The molecule has 0 amide bonds. The zero-order valence-corrected chi connectivity index (χ0v) is 13.7. The molecule has 0 saturated carbocycles. The maximum atomic E-state index is 13.2. The van der Waals surface area contributed by atoms with E-state index in [1.807, 2.05) is 59.9 Å². The largest absolute Gasteiger partial charge is 0.268 e. The minimum absolute atomic E-state index is 0.0611. The Morgan fingerprint density at radius 1 is 0.917 bits per heavy atom. The number of fused-ring (bicyclic) bond motifs is 3. The van der Waals surface area contributed by atoms with Crippen LogP contribution in [0.2, 0.25) is 0 Å². The average Bonchev–Trinajstić information content (AvgIpc) is 3.06. The molecule has 2 heterocycles. The minimum atomic E-state index is -0.0611. The van der Waals surface area contributed by atoms with E-state index in [1.54, 1.807) is 4.57 Å². The van der Waals surface area contributed by atoms with Gasteiger partial charge in [-0.3, -0.25) is 9.20 Å². The number of aryl methyl sites for hydroxylation is 2. The summed E-state index contributed by atoms with van der Waals surface area (Å²) in [5, 5.41) is 9.30. The molecule has 24 heavy (non-hydrogen) atoms. The van der Waals surface area contributed by atoms with Crippen LogP contribution in [0, 0.1) is 0 Å². The lowest BCUT2D eigenvalue weighted by Crippen LogP contribution is -2.23. The highest BCUT2D eigenvalue weighted by atomic mass is 16.1. The van der Waals surface area contributed by atoms with Crippen molar-refractivity contribution < 1.29 is 0 Å². The molecule has 0 saturated heterocycles. The van der Waals surface area contributed by atoms with Crippen LogP contribution in [0.25, 0.3) is 22.4 Å². The molecule has 4 aromatic rings. The number of hydrogen-bond acceptors (Lipinski definition) is 3. The van der Waals surface area contributed by atoms with Crippen LogP contribution in [0.5, 0.6) is 0 Å². The van der Waals surface area contributed by atoms with Gasteiger partial charge in [0.15, 0.2) is 0 Å². The molecular formula is C19H18N4O. The van der Waals surface area contributed by atoms with Gasteiger partial charge in [0.1, 0.15) is 5.82 Å². The molecule has 0 fully saturated rings. The van der Waals surface area contributed by atoms with E-state index in [1.165, 1.54) is 0 Å². The van der Waals surface area contributed by atoms with Crippen molar-refractivity contribution in [2.75, 3.05) is 0 Å². The monoisotopic (exact) mass is 318 g/mol. The van der Waals surface area contributed by atoms with Gasteiger partial charge in [-0.1, -0.05) is 44.2 Å². The Balaban J connectivity index is 2.25. The molecule has 0 aliphatic carbocycles. The molecule has 4 rings (SSSR count). The number of para-hydroxylation sites is 2. The summed E-state index contributed by atoms with van der Waals surface area (Å²) in [6, 6.07) is 15.6. The Morgan fingerprint density at radius 2 is 1.67 bits per heavy atom. The lowest BCUT2D eigenvalue weighted by atomic mass is 10.1. The Morgan fingerprint density at radius 3 is 2.46 bits per heavy atom. The zero-order valence-electron chi connectivity index (χ0n) is 13.7. The van der Waals surface area contributed by atoms with Crippen LogP contribution in [0.15, 0.2) is 53.3 Å². The Labute approximate surface area is 139 Å². The fourth-order valence-electron chi connectivity index (χ4n) is 3.23. The molecule has 0 aliphatic heterocycles. The highest BCUT2D eigenvalue weighted by Crippen LogP contribution is 2.20. The van der Waals surface area contributed by atoms with E-state index in [4.69, 9.17) is 0 Å². The van der Waals surface area contributed by atoms with Crippen molar-refractivity contribution in [3.05, 3.63) is 70.3 Å². The lowest BCUT2D eigenvalue weighted by molar-refractivity contribution is 0.913. The molecule has 0 atom stereocenters. The molecule has 0 radical (unpaired) electrons. The first kappa shape index (κ1) is 14.6. The quantitative estimate of drug-likeness (QED) is 0.583. The van der Waals surface area contributed by atoms with E-state index in [0.29, 0.717) is 11.2 Å². The minimum Gasteiger partial charge on any atom is -0.268 e. The van der Waals surface area contributed by atoms with Gasteiger partial charge >= 0.3 is 0 Å². The van der Waals surface area contributed by atoms with Gasteiger partial charge in [0.25, 0.3) is 5.56 Å². The average molecular weight is 318 g/mol. The Bertz CT molecular complexity index is 1110. The highest BCUT2D eigenvalue weighted by molar-refractivity contribution is 5.81. The predicted molar refractivity (Wildman–Crippen MR) is 94.8 cm³/mol. The second-order valence-electron chi connectivity index (χ2n) is 5.75. The maximum absolute atomic E-state index is 13.2. The number of benzene rings is 2. The van der Waals surface area contributed by atoms with Crippen molar-refractivity contribution in [2.24, 2.45) is 0 Å². The zero-order chi connectivity index (χ0) is 16.7. The SMILES string of the molecule is CCc1ccccc1-n1c(=O)c2ccccc2n2c(CC)nnc12. The van der Waals surface area contributed by atoms with Gasteiger partial charge in [0, 0.05) is 6.42 Å².